The van der Waals surface area contributed by atoms with Crippen molar-refractivity contribution in [2.75, 3.05) is 26.2 Å². The number of carbonyl (C=O) groups excluding carboxylic acids is 1. The van der Waals surface area contributed by atoms with Crippen molar-refractivity contribution >= 4 is 5.91 Å². The quantitative estimate of drug-likeness (QED) is 0.742. The molecule has 1 fully saturated rings. The molecule has 1 aliphatic carbocycles. The molecule has 0 bridgehead atoms. The summed E-state index contributed by atoms with van der Waals surface area (Å²) in [7, 11) is 0. The van der Waals surface area contributed by atoms with E-state index in [0.29, 0.717) is 12.3 Å². The normalized spacial score (nSPS) is 31.6. The predicted octanol–water partition coefficient (Wildman–Crippen LogP) is 1.80. The lowest BCUT2D eigenvalue weighted by molar-refractivity contribution is -0.120. The molecular formula is C14H24N2O. The van der Waals surface area contributed by atoms with E-state index in [4.69, 9.17) is 0 Å². The molecule has 2 aliphatic rings. The summed E-state index contributed by atoms with van der Waals surface area (Å²) in [5.74, 6) is 1.68. The van der Waals surface area contributed by atoms with E-state index in [1.54, 1.807) is 5.57 Å². The molecule has 0 radical (unpaired) electrons. The maximum absolute atomic E-state index is 11.3. The van der Waals surface area contributed by atoms with Crippen LogP contribution in [0.3, 0.4) is 0 Å². The first kappa shape index (κ1) is 12.6. The van der Waals surface area contributed by atoms with Gasteiger partial charge in [0.2, 0.25) is 5.91 Å². The van der Waals surface area contributed by atoms with Crippen LogP contribution < -0.4 is 5.32 Å². The van der Waals surface area contributed by atoms with Gasteiger partial charge >= 0.3 is 0 Å². The third-order valence-electron chi connectivity index (χ3n) is 4.22. The minimum absolute atomic E-state index is 0.205. The second kappa shape index (κ2) is 5.67. The summed E-state index contributed by atoms with van der Waals surface area (Å²) in [6.07, 6.45) is 5.60. The summed E-state index contributed by atoms with van der Waals surface area (Å²) in [6.45, 7) is 8.48. The van der Waals surface area contributed by atoms with Crippen LogP contribution in [0.25, 0.3) is 0 Å². The van der Waals surface area contributed by atoms with Gasteiger partial charge in [-0.15, -0.1) is 0 Å². The van der Waals surface area contributed by atoms with Crippen LogP contribution in [0.1, 0.15) is 33.1 Å². The zero-order chi connectivity index (χ0) is 12.3. The molecule has 2 atom stereocenters. The predicted molar refractivity (Wildman–Crippen MR) is 69.7 cm³/mol. The van der Waals surface area contributed by atoms with Crippen molar-refractivity contribution in [1.29, 1.82) is 0 Å². The molecule has 1 saturated heterocycles. The molecule has 2 unspecified atom stereocenters. The van der Waals surface area contributed by atoms with Crippen molar-refractivity contribution in [2.45, 2.75) is 33.1 Å². The van der Waals surface area contributed by atoms with Gasteiger partial charge in [-0.1, -0.05) is 18.6 Å². The van der Waals surface area contributed by atoms with E-state index < -0.39 is 0 Å². The molecule has 1 aliphatic heterocycles. The average molecular weight is 236 g/mol. The zero-order valence-corrected chi connectivity index (χ0v) is 11.0. The fourth-order valence-corrected chi connectivity index (χ4v) is 2.97. The van der Waals surface area contributed by atoms with Crippen molar-refractivity contribution < 1.29 is 4.79 Å². The lowest BCUT2D eigenvalue weighted by Gasteiger charge is -2.33. The van der Waals surface area contributed by atoms with E-state index in [-0.39, 0.29) is 5.91 Å². The van der Waals surface area contributed by atoms with E-state index in [1.807, 2.05) is 0 Å². The van der Waals surface area contributed by atoms with Crippen LogP contribution >= 0.6 is 0 Å². The van der Waals surface area contributed by atoms with Gasteiger partial charge in [-0.2, -0.15) is 0 Å². The Morgan fingerprint density at radius 3 is 3.06 bits per heavy atom. The molecule has 0 spiro atoms. The van der Waals surface area contributed by atoms with Gasteiger partial charge in [0.25, 0.3) is 0 Å². The number of amides is 1. The van der Waals surface area contributed by atoms with Crippen LogP contribution in [-0.4, -0.2) is 37.0 Å². The second-order valence-electron chi connectivity index (χ2n) is 5.51. The molecule has 0 aromatic carbocycles. The van der Waals surface area contributed by atoms with Crippen LogP contribution in [0.2, 0.25) is 0 Å². The van der Waals surface area contributed by atoms with Gasteiger partial charge in [-0.3, -0.25) is 4.79 Å². The van der Waals surface area contributed by atoms with Crippen LogP contribution in [0.4, 0.5) is 0 Å². The summed E-state index contributed by atoms with van der Waals surface area (Å²) in [6, 6.07) is 0. The molecule has 3 heteroatoms. The molecule has 0 saturated carbocycles. The summed E-state index contributed by atoms with van der Waals surface area (Å²) < 4.78 is 0. The van der Waals surface area contributed by atoms with Crippen molar-refractivity contribution in [3.63, 3.8) is 0 Å². The van der Waals surface area contributed by atoms with Crippen molar-refractivity contribution in [1.82, 2.24) is 10.2 Å². The molecule has 1 N–H and O–H groups in total. The van der Waals surface area contributed by atoms with E-state index in [2.05, 4.69) is 30.1 Å². The van der Waals surface area contributed by atoms with Gasteiger partial charge < -0.3 is 10.2 Å². The second-order valence-corrected chi connectivity index (χ2v) is 5.51. The van der Waals surface area contributed by atoms with Crippen LogP contribution in [0.5, 0.6) is 0 Å². The highest BCUT2D eigenvalue weighted by atomic mass is 16.1. The molecule has 1 amide bonds. The number of allylic oxidation sites excluding steroid dienone is 1. The number of carbonyl (C=O) groups is 1. The third-order valence-corrected chi connectivity index (χ3v) is 4.22. The fraction of sp³-hybridized carbons (Fsp3) is 0.786. The molecule has 1 heterocycles. The van der Waals surface area contributed by atoms with E-state index in [9.17, 15) is 4.79 Å². The SMILES string of the molecule is CC1=CCCC(C)C1CN1CCNC(=O)CC1. The van der Waals surface area contributed by atoms with Crippen LogP contribution in [-0.2, 0) is 4.79 Å². The van der Waals surface area contributed by atoms with E-state index in [0.717, 1.165) is 32.1 Å². The van der Waals surface area contributed by atoms with E-state index >= 15 is 0 Å². The Morgan fingerprint density at radius 2 is 2.29 bits per heavy atom. The third kappa shape index (κ3) is 3.32. The molecule has 17 heavy (non-hydrogen) atoms. The Balaban J connectivity index is 1.92. The molecule has 0 aromatic rings. The number of rotatable bonds is 2. The first-order valence-corrected chi connectivity index (χ1v) is 6.82. The first-order chi connectivity index (χ1) is 8.16. The lowest BCUT2D eigenvalue weighted by Crippen LogP contribution is -2.36. The zero-order valence-electron chi connectivity index (χ0n) is 11.0. The highest BCUT2D eigenvalue weighted by Gasteiger charge is 2.25. The van der Waals surface area contributed by atoms with Gasteiger partial charge in [0.05, 0.1) is 0 Å². The smallest absolute Gasteiger partial charge is 0.221 e. The minimum atomic E-state index is 0.205. The highest BCUT2D eigenvalue weighted by Crippen LogP contribution is 2.30. The van der Waals surface area contributed by atoms with Gasteiger partial charge in [-0.05, 0) is 31.6 Å². The van der Waals surface area contributed by atoms with E-state index in [1.165, 1.54) is 12.8 Å². The summed E-state index contributed by atoms with van der Waals surface area (Å²) >= 11 is 0. The summed E-state index contributed by atoms with van der Waals surface area (Å²) in [4.78, 5) is 13.7. The average Bonchev–Trinajstić information content (AvgIpc) is 2.49. The van der Waals surface area contributed by atoms with Gasteiger partial charge in [0, 0.05) is 32.6 Å². The van der Waals surface area contributed by atoms with Crippen LogP contribution in [0.15, 0.2) is 11.6 Å². The Hall–Kier alpha value is -0.830. The first-order valence-electron chi connectivity index (χ1n) is 6.82. The molecular weight excluding hydrogens is 212 g/mol. The Morgan fingerprint density at radius 1 is 1.47 bits per heavy atom. The van der Waals surface area contributed by atoms with Gasteiger partial charge in [0.1, 0.15) is 0 Å². The Bertz CT molecular complexity index is 311. The van der Waals surface area contributed by atoms with Crippen molar-refractivity contribution in [2.24, 2.45) is 11.8 Å². The molecule has 96 valence electrons. The minimum Gasteiger partial charge on any atom is -0.355 e. The van der Waals surface area contributed by atoms with Crippen molar-refractivity contribution in [3.05, 3.63) is 11.6 Å². The van der Waals surface area contributed by atoms with Gasteiger partial charge in [0.15, 0.2) is 0 Å². The topological polar surface area (TPSA) is 32.3 Å². The standard InChI is InChI=1S/C14H24N2O/c1-11-4-3-5-12(2)13(11)10-16-8-6-14(17)15-7-9-16/h4,12-13H,3,5-10H2,1-2H3,(H,15,17). The molecule has 2 rings (SSSR count). The summed E-state index contributed by atoms with van der Waals surface area (Å²) in [5, 5.41) is 2.94. The number of nitrogens with zero attached hydrogens (tertiary/aromatic N) is 1. The van der Waals surface area contributed by atoms with Crippen LogP contribution in [0, 0.1) is 11.8 Å². The maximum atomic E-state index is 11.3. The Kier molecular flexibility index (Phi) is 4.21. The fourth-order valence-electron chi connectivity index (χ4n) is 2.97. The van der Waals surface area contributed by atoms with Gasteiger partial charge in [-0.25, -0.2) is 0 Å². The highest BCUT2D eigenvalue weighted by molar-refractivity contribution is 5.76. The lowest BCUT2D eigenvalue weighted by atomic mass is 9.80. The Labute approximate surface area is 104 Å². The molecule has 0 aromatic heterocycles. The summed E-state index contributed by atoms with van der Waals surface area (Å²) in [5.41, 5.74) is 1.55. The molecule has 3 nitrogen and oxygen atoms in total. The largest absolute Gasteiger partial charge is 0.355 e. The van der Waals surface area contributed by atoms with Crippen molar-refractivity contribution in [3.8, 4) is 0 Å². The maximum Gasteiger partial charge on any atom is 0.221 e. The monoisotopic (exact) mass is 236 g/mol. The number of hydrogen-bond acceptors (Lipinski definition) is 2. The number of nitrogens with one attached hydrogen (secondary N) is 1. The number of hydrogen-bond donors (Lipinski definition) is 1.